The van der Waals surface area contributed by atoms with Crippen molar-refractivity contribution in [1.29, 1.82) is 0 Å². The lowest BCUT2D eigenvalue weighted by Gasteiger charge is -2.38. The topological polar surface area (TPSA) is 81.1 Å². The van der Waals surface area contributed by atoms with Crippen LogP contribution in [0.3, 0.4) is 0 Å². The minimum absolute atomic E-state index is 0.0854. The standard InChI is InChI=1S/C13H24N2O4/c1-5-15(13(3,4)11(17)18)12(19)14-7-6-9(2)10(14)8-16/h9-10,16H,5-8H2,1-4H3,(H,17,18). The predicted octanol–water partition coefficient (Wildman–Crippen LogP) is 0.994. The zero-order chi connectivity index (χ0) is 14.8. The van der Waals surface area contributed by atoms with Crippen LogP contribution in [0, 0.1) is 5.92 Å². The molecule has 1 fully saturated rings. The van der Waals surface area contributed by atoms with Gasteiger partial charge in [-0.1, -0.05) is 6.92 Å². The summed E-state index contributed by atoms with van der Waals surface area (Å²) >= 11 is 0. The van der Waals surface area contributed by atoms with Crippen molar-refractivity contribution >= 4 is 12.0 Å². The third-order valence-corrected chi connectivity index (χ3v) is 4.06. The van der Waals surface area contributed by atoms with Gasteiger partial charge in [-0.15, -0.1) is 0 Å². The molecule has 1 heterocycles. The first-order chi connectivity index (χ1) is 8.77. The number of aliphatic hydroxyl groups excluding tert-OH is 1. The van der Waals surface area contributed by atoms with Gasteiger partial charge >= 0.3 is 12.0 Å². The summed E-state index contributed by atoms with van der Waals surface area (Å²) in [5.41, 5.74) is -1.25. The highest BCUT2D eigenvalue weighted by atomic mass is 16.4. The van der Waals surface area contributed by atoms with E-state index in [1.165, 1.54) is 18.7 Å². The van der Waals surface area contributed by atoms with E-state index in [9.17, 15) is 19.8 Å². The predicted molar refractivity (Wildman–Crippen MR) is 70.9 cm³/mol. The van der Waals surface area contributed by atoms with E-state index in [4.69, 9.17) is 0 Å². The van der Waals surface area contributed by atoms with Gasteiger partial charge < -0.3 is 20.0 Å². The molecule has 0 aliphatic carbocycles. The number of likely N-dealkylation sites (N-methyl/N-ethyl adjacent to an activating group) is 1. The molecule has 110 valence electrons. The number of rotatable bonds is 4. The molecule has 2 atom stereocenters. The Hall–Kier alpha value is -1.30. The second kappa shape index (κ2) is 5.77. The molecule has 19 heavy (non-hydrogen) atoms. The van der Waals surface area contributed by atoms with E-state index in [1.54, 1.807) is 11.8 Å². The van der Waals surface area contributed by atoms with Crippen LogP contribution in [0.4, 0.5) is 4.79 Å². The first-order valence-corrected chi connectivity index (χ1v) is 6.69. The zero-order valence-corrected chi connectivity index (χ0v) is 12.1. The van der Waals surface area contributed by atoms with Crippen molar-refractivity contribution in [3.8, 4) is 0 Å². The van der Waals surface area contributed by atoms with Gasteiger partial charge in [0.1, 0.15) is 5.54 Å². The normalized spacial score (nSPS) is 23.5. The van der Waals surface area contributed by atoms with Gasteiger partial charge in [-0.3, -0.25) is 0 Å². The molecule has 0 aromatic heterocycles. The number of urea groups is 1. The number of aliphatic hydroxyl groups is 1. The Bertz CT molecular complexity index is 357. The fourth-order valence-corrected chi connectivity index (χ4v) is 2.56. The van der Waals surface area contributed by atoms with Gasteiger partial charge in [0.05, 0.1) is 12.6 Å². The fraction of sp³-hybridized carbons (Fsp3) is 0.846. The average Bonchev–Trinajstić information content (AvgIpc) is 2.70. The van der Waals surface area contributed by atoms with Crippen molar-refractivity contribution in [2.75, 3.05) is 19.7 Å². The van der Waals surface area contributed by atoms with E-state index >= 15 is 0 Å². The Morgan fingerprint density at radius 3 is 2.42 bits per heavy atom. The molecule has 6 heteroatoms. The molecule has 2 N–H and O–H groups in total. The number of carbonyl (C=O) groups excluding carboxylic acids is 1. The first-order valence-electron chi connectivity index (χ1n) is 6.69. The van der Waals surface area contributed by atoms with Gasteiger partial charge in [0.15, 0.2) is 0 Å². The Morgan fingerprint density at radius 1 is 1.42 bits per heavy atom. The van der Waals surface area contributed by atoms with E-state index in [0.717, 1.165) is 6.42 Å². The molecule has 0 radical (unpaired) electrons. The fourth-order valence-electron chi connectivity index (χ4n) is 2.56. The zero-order valence-electron chi connectivity index (χ0n) is 12.1. The van der Waals surface area contributed by atoms with Gasteiger partial charge in [0, 0.05) is 13.1 Å². The third kappa shape index (κ3) is 2.83. The van der Waals surface area contributed by atoms with Gasteiger partial charge in [-0.05, 0) is 33.1 Å². The summed E-state index contributed by atoms with van der Waals surface area (Å²) in [6.07, 6.45) is 0.835. The third-order valence-electron chi connectivity index (χ3n) is 4.06. The number of carboxylic acids is 1. The quantitative estimate of drug-likeness (QED) is 0.800. The maximum absolute atomic E-state index is 12.5. The molecule has 1 saturated heterocycles. The number of nitrogens with zero attached hydrogens (tertiary/aromatic N) is 2. The number of likely N-dealkylation sites (tertiary alicyclic amines) is 1. The maximum Gasteiger partial charge on any atom is 0.329 e. The van der Waals surface area contributed by atoms with Crippen LogP contribution in [0.5, 0.6) is 0 Å². The Morgan fingerprint density at radius 2 is 2.00 bits per heavy atom. The van der Waals surface area contributed by atoms with Gasteiger partial charge in [-0.2, -0.15) is 0 Å². The van der Waals surface area contributed by atoms with Crippen molar-refractivity contribution in [2.24, 2.45) is 5.92 Å². The highest BCUT2D eigenvalue weighted by molar-refractivity contribution is 5.85. The van der Waals surface area contributed by atoms with Crippen molar-refractivity contribution in [1.82, 2.24) is 9.80 Å². The Kier molecular flexibility index (Phi) is 4.79. The molecule has 2 unspecified atom stereocenters. The molecule has 1 rings (SSSR count). The molecule has 1 aliphatic heterocycles. The molecule has 0 saturated carbocycles. The first kappa shape index (κ1) is 15.8. The van der Waals surface area contributed by atoms with E-state index in [-0.39, 0.29) is 24.6 Å². The van der Waals surface area contributed by atoms with Crippen LogP contribution in [0.1, 0.15) is 34.1 Å². The Labute approximate surface area is 114 Å². The highest BCUT2D eigenvalue weighted by Crippen LogP contribution is 2.27. The number of hydrogen-bond acceptors (Lipinski definition) is 3. The molecular formula is C13H24N2O4. The number of carbonyl (C=O) groups is 2. The SMILES string of the molecule is CCN(C(=O)N1CCC(C)C1CO)C(C)(C)C(=O)O. The molecule has 0 bridgehead atoms. The van der Waals surface area contributed by atoms with Crippen LogP contribution in [-0.2, 0) is 4.79 Å². The lowest BCUT2D eigenvalue weighted by Crippen LogP contribution is -2.58. The van der Waals surface area contributed by atoms with Crippen LogP contribution in [0.15, 0.2) is 0 Å². The molecule has 2 amide bonds. The number of hydrogen-bond donors (Lipinski definition) is 2. The van der Waals surface area contributed by atoms with E-state index in [2.05, 4.69) is 0 Å². The molecular weight excluding hydrogens is 248 g/mol. The largest absolute Gasteiger partial charge is 0.480 e. The number of carboxylic acid groups (broad SMARTS) is 1. The molecule has 0 spiro atoms. The number of amides is 2. The molecule has 6 nitrogen and oxygen atoms in total. The van der Waals surface area contributed by atoms with E-state index in [1.807, 2.05) is 6.92 Å². The van der Waals surface area contributed by atoms with E-state index in [0.29, 0.717) is 13.1 Å². The van der Waals surface area contributed by atoms with Gasteiger partial charge in [0.2, 0.25) is 0 Å². The van der Waals surface area contributed by atoms with Crippen LogP contribution >= 0.6 is 0 Å². The summed E-state index contributed by atoms with van der Waals surface area (Å²) in [4.78, 5) is 26.8. The summed E-state index contributed by atoms with van der Waals surface area (Å²) in [5, 5.41) is 18.6. The molecule has 1 aliphatic rings. The monoisotopic (exact) mass is 272 g/mol. The van der Waals surface area contributed by atoms with E-state index < -0.39 is 11.5 Å². The molecule has 0 aromatic rings. The summed E-state index contributed by atoms with van der Waals surface area (Å²) in [6, 6.07) is -0.524. The summed E-state index contributed by atoms with van der Waals surface area (Å²) in [6.45, 7) is 7.59. The number of aliphatic carboxylic acids is 1. The molecule has 0 aromatic carbocycles. The van der Waals surface area contributed by atoms with Crippen molar-refractivity contribution in [2.45, 2.75) is 45.7 Å². The summed E-state index contributed by atoms with van der Waals surface area (Å²) in [5.74, 6) is -0.795. The van der Waals surface area contributed by atoms with Crippen LogP contribution in [-0.4, -0.2) is 63.3 Å². The van der Waals surface area contributed by atoms with Crippen molar-refractivity contribution in [3.63, 3.8) is 0 Å². The van der Waals surface area contributed by atoms with Crippen LogP contribution in [0.25, 0.3) is 0 Å². The van der Waals surface area contributed by atoms with Crippen LogP contribution < -0.4 is 0 Å². The smallest absolute Gasteiger partial charge is 0.329 e. The second-order valence-corrected chi connectivity index (χ2v) is 5.60. The average molecular weight is 272 g/mol. The lowest BCUT2D eigenvalue weighted by molar-refractivity contribution is -0.147. The van der Waals surface area contributed by atoms with Crippen molar-refractivity contribution < 1.29 is 19.8 Å². The lowest BCUT2D eigenvalue weighted by atomic mass is 10.0. The second-order valence-electron chi connectivity index (χ2n) is 5.60. The van der Waals surface area contributed by atoms with Crippen molar-refractivity contribution in [3.05, 3.63) is 0 Å². The van der Waals surface area contributed by atoms with Gasteiger partial charge in [0.25, 0.3) is 0 Å². The van der Waals surface area contributed by atoms with Crippen LogP contribution in [0.2, 0.25) is 0 Å². The van der Waals surface area contributed by atoms with Gasteiger partial charge in [-0.25, -0.2) is 9.59 Å². The summed E-state index contributed by atoms with van der Waals surface area (Å²) < 4.78 is 0. The maximum atomic E-state index is 12.5. The minimum Gasteiger partial charge on any atom is -0.480 e. The minimum atomic E-state index is -1.25. The highest BCUT2D eigenvalue weighted by Gasteiger charge is 2.42. The summed E-state index contributed by atoms with van der Waals surface area (Å²) in [7, 11) is 0. The Balaban J connectivity index is 2.94.